The van der Waals surface area contributed by atoms with Gasteiger partial charge in [0.15, 0.2) is 0 Å². The summed E-state index contributed by atoms with van der Waals surface area (Å²) in [4.78, 5) is 29.0. The second kappa shape index (κ2) is 6.32. The van der Waals surface area contributed by atoms with Crippen molar-refractivity contribution in [3.8, 4) is 0 Å². The Morgan fingerprint density at radius 2 is 2.04 bits per heavy atom. The quantitative estimate of drug-likeness (QED) is 0.618. The molecule has 1 aromatic carbocycles. The number of carbonyl (C=O) groups excluding carboxylic acids is 2. The van der Waals surface area contributed by atoms with Crippen molar-refractivity contribution in [2.24, 2.45) is 16.0 Å². The molecule has 1 heterocycles. The fourth-order valence-electron chi connectivity index (χ4n) is 2.60. The van der Waals surface area contributed by atoms with Gasteiger partial charge in [-0.15, -0.1) is 0 Å². The van der Waals surface area contributed by atoms with Crippen molar-refractivity contribution in [2.45, 2.75) is 32.2 Å². The highest BCUT2D eigenvalue weighted by Crippen LogP contribution is 2.29. The van der Waals surface area contributed by atoms with Crippen LogP contribution in [0.25, 0.3) is 0 Å². The largest absolute Gasteiger partial charge is 0.469 e. The summed E-state index contributed by atoms with van der Waals surface area (Å²) in [6.45, 7) is 1.84. The molecule has 1 atom stereocenters. The number of hydrogen-bond donors (Lipinski definition) is 0. The van der Waals surface area contributed by atoms with Gasteiger partial charge in [-0.25, -0.2) is 0 Å². The molecule has 0 spiro atoms. The molecule has 6 heteroatoms. The highest BCUT2D eigenvalue weighted by molar-refractivity contribution is 6.30. The lowest BCUT2D eigenvalue weighted by Gasteiger charge is -2.14. The lowest BCUT2D eigenvalue weighted by molar-refractivity contribution is -0.139. The smallest absolute Gasteiger partial charge is 0.311 e. The third-order valence-electron chi connectivity index (χ3n) is 3.92. The van der Waals surface area contributed by atoms with E-state index in [-0.39, 0.29) is 12.3 Å². The number of rotatable bonds is 5. The number of nitrogens with zero attached hydrogens (tertiary/aromatic N) is 3. The standard InChI is InChI=1S/C17H19N3O3/c1-11(18-12-8-9-12)16-14(10-15(21)23-2)19-20(17(16)22)13-6-4-3-5-7-13/h3-7,12,16H,8-10H2,1-2H3. The summed E-state index contributed by atoms with van der Waals surface area (Å²) in [7, 11) is 1.33. The molecule has 1 fully saturated rings. The van der Waals surface area contributed by atoms with E-state index >= 15 is 0 Å². The van der Waals surface area contributed by atoms with Crippen molar-refractivity contribution >= 4 is 29.0 Å². The van der Waals surface area contributed by atoms with E-state index < -0.39 is 11.9 Å². The number of carbonyl (C=O) groups is 2. The van der Waals surface area contributed by atoms with E-state index in [1.807, 2.05) is 37.3 Å². The molecule has 0 radical (unpaired) electrons. The molecule has 0 bridgehead atoms. The first-order chi connectivity index (χ1) is 11.1. The predicted octanol–water partition coefficient (Wildman–Crippen LogP) is 2.19. The number of ether oxygens (including phenoxy) is 1. The highest BCUT2D eigenvalue weighted by atomic mass is 16.5. The van der Waals surface area contributed by atoms with E-state index in [4.69, 9.17) is 4.74 Å². The zero-order chi connectivity index (χ0) is 16.4. The Bertz CT molecular complexity index is 678. The summed E-state index contributed by atoms with van der Waals surface area (Å²) in [6.07, 6.45) is 2.11. The molecular formula is C17H19N3O3. The van der Waals surface area contributed by atoms with Gasteiger partial charge in [0.25, 0.3) is 5.91 Å². The molecule has 2 aliphatic rings. The highest BCUT2D eigenvalue weighted by Gasteiger charge is 2.40. The van der Waals surface area contributed by atoms with Gasteiger partial charge in [0, 0.05) is 5.71 Å². The molecule has 1 aliphatic heterocycles. The van der Waals surface area contributed by atoms with Gasteiger partial charge in [-0.1, -0.05) is 18.2 Å². The molecule has 23 heavy (non-hydrogen) atoms. The molecule has 1 aromatic rings. The van der Waals surface area contributed by atoms with Crippen molar-refractivity contribution in [2.75, 3.05) is 12.1 Å². The van der Waals surface area contributed by atoms with Gasteiger partial charge in [-0.3, -0.25) is 14.6 Å². The van der Waals surface area contributed by atoms with E-state index in [9.17, 15) is 9.59 Å². The Hall–Kier alpha value is -2.50. The molecular weight excluding hydrogens is 294 g/mol. The van der Waals surface area contributed by atoms with E-state index in [1.54, 1.807) is 0 Å². The van der Waals surface area contributed by atoms with Gasteiger partial charge in [0.2, 0.25) is 0 Å². The van der Waals surface area contributed by atoms with E-state index in [2.05, 4.69) is 10.1 Å². The summed E-state index contributed by atoms with van der Waals surface area (Å²) in [5.74, 6) is -1.15. The van der Waals surface area contributed by atoms with Crippen LogP contribution in [-0.4, -0.2) is 36.5 Å². The predicted molar refractivity (Wildman–Crippen MR) is 87.6 cm³/mol. The Labute approximate surface area is 134 Å². The van der Waals surface area contributed by atoms with Gasteiger partial charge in [0.05, 0.1) is 31.0 Å². The molecule has 6 nitrogen and oxygen atoms in total. The number of amides is 1. The normalized spacial score (nSPS) is 21.4. The fourth-order valence-corrected chi connectivity index (χ4v) is 2.60. The Kier molecular flexibility index (Phi) is 4.23. The van der Waals surface area contributed by atoms with Crippen molar-refractivity contribution in [3.63, 3.8) is 0 Å². The summed E-state index contributed by atoms with van der Waals surface area (Å²) in [5.41, 5.74) is 1.90. The SMILES string of the molecule is COC(=O)CC1=NN(c2ccccc2)C(=O)C1C(C)=NC1CC1. The van der Waals surface area contributed by atoms with E-state index in [0.717, 1.165) is 18.6 Å². The van der Waals surface area contributed by atoms with Gasteiger partial charge in [-0.05, 0) is 31.9 Å². The van der Waals surface area contributed by atoms with Crippen LogP contribution in [0.3, 0.4) is 0 Å². The number of aliphatic imine (C=N–C) groups is 1. The minimum absolute atomic E-state index is 0.00618. The van der Waals surface area contributed by atoms with Crippen LogP contribution in [0.2, 0.25) is 0 Å². The van der Waals surface area contributed by atoms with Crippen molar-refractivity contribution in [1.82, 2.24) is 0 Å². The molecule has 1 saturated carbocycles. The molecule has 120 valence electrons. The Balaban J connectivity index is 1.91. The number of anilines is 1. The third-order valence-corrected chi connectivity index (χ3v) is 3.92. The van der Waals surface area contributed by atoms with Gasteiger partial charge >= 0.3 is 5.97 Å². The number of methoxy groups -OCH3 is 1. The van der Waals surface area contributed by atoms with Crippen LogP contribution >= 0.6 is 0 Å². The fraction of sp³-hybridized carbons (Fsp3) is 0.412. The zero-order valence-corrected chi connectivity index (χ0v) is 13.2. The third kappa shape index (κ3) is 3.31. The summed E-state index contributed by atoms with van der Waals surface area (Å²) >= 11 is 0. The average Bonchev–Trinajstić information content (AvgIpc) is 3.30. The van der Waals surface area contributed by atoms with Crippen LogP contribution in [0.1, 0.15) is 26.2 Å². The van der Waals surface area contributed by atoms with Crippen LogP contribution in [-0.2, 0) is 14.3 Å². The zero-order valence-electron chi connectivity index (χ0n) is 13.2. The maximum atomic E-state index is 12.8. The summed E-state index contributed by atoms with van der Waals surface area (Å²) in [5, 5.41) is 5.73. The van der Waals surface area contributed by atoms with E-state index in [0.29, 0.717) is 17.4 Å². The summed E-state index contributed by atoms with van der Waals surface area (Å²) < 4.78 is 4.72. The lowest BCUT2D eigenvalue weighted by atomic mass is 9.96. The maximum Gasteiger partial charge on any atom is 0.311 e. The van der Waals surface area contributed by atoms with Crippen LogP contribution in [0.4, 0.5) is 5.69 Å². The number of benzene rings is 1. The molecule has 1 amide bonds. The van der Waals surface area contributed by atoms with Crippen LogP contribution in [0, 0.1) is 5.92 Å². The average molecular weight is 313 g/mol. The first kappa shape index (κ1) is 15.4. The maximum absolute atomic E-state index is 12.8. The van der Waals surface area contributed by atoms with Crippen molar-refractivity contribution in [1.29, 1.82) is 0 Å². The number of hydrazone groups is 1. The Morgan fingerprint density at radius 3 is 2.65 bits per heavy atom. The lowest BCUT2D eigenvalue weighted by Crippen LogP contribution is -2.33. The molecule has 0 N–H and O–H groups in total. The molecule has 3 rings (SSSR count). The topological polar surface area (TPSA) is 71.3 Å². The molecule has 1 unspecified atom stereocenters. The number of hydrogen-bond acceptors (Lipinski definition) is 5. The number of esters is 1. The molecule has 1 aliphatic carbocycles. The first-order valence-electron chi connectivity index (χ1n) is 7.67. The van der Waals surface area contributed by atoms with Crippen molar-refractivity contribution < 1.29 is 14.3 Å². The van der Waals surface area contributed by atoms with Crippen LogP contribution in [0.15, 0.2) is 40.4 Å². The first-order valence-corrected chi connectivity index (χ1v) is 7.67. The second-order valence-corrected chi connectivity index (χ2v) is 5.76. The van der Waals surface area contributed by atoms with Crippen LogP contribution in [0.5, 0.6) is 0 Å². The van der Waals surface area contributed by atoms with Gasteiger partial charge < -0.3 is 4.74 Å². The second-order valence-electron chi connectivity index (χ2n) is 5.76. The minimum Gasteiger partial charge on any atom is -0.469 e. The van der Waals surface area contributed by atoms with Crippen LogP contribution < -0.4 is 5.01 Å². The minimum atomic E-state index is -0.574. The van der Waals surface area contributed by atoms with Crippen molar-refractivity contribution in [3.05, 3.63) is 30.3 Å². The molecule has 0 aromatic heterocycles. The van der Waals surface area contributed by atoms with Gasteiger partial charge in [-0.2, -0.15) is 10.1 Å². The Morgan fingerprint density at radius 1 is 1.35 bits per heavy atom. The number of para-hydroxylation sites is 1. The summed E-state index contributed by atoms with van der Waals surface area (Å²) in [6, 6.07) is 9.50. The monoisotopic (exact) mass is 313 g/mol. The van der Waals surface area contributed by atoms with Gasteiger partial charge in [0.1, 0.15) is 5.92 Å². The molecule has 0 saturated heterocycles. The van der Waals surface area contributed by atoms with E-state index in [1.165, 1.54) is 12.1 Å².